The fourth-order valence-corrected chi connectivity index (χ4v) is 4.61. The van der Waals surface area contributed by atoms with Gasteiger partial charge in [0.05, 0.1) is 11.5 Å². The third-order valence-electron chi connectivity index (χ3n) is 4.19. The third-order valence-corrected chi connectivity index (χ3v) is 5.96. The fraction of sp³-hybridized carbons (Fsp3) is 0.389. The molecule has 1 atom stereocenters. The Morgan fingerprint density at radius 3 is 2.73 bits per heavy atom. The standard InChI is InChI=1S/C18H22N4O3S/c1-12-4-3-5-14(8-12)10-19-17(23)16-9-13(2)20-18(22-16)21-15-6-7-26(24,25)11-15/h3-5,8-9,15H,6-7,10-11H2,1-2H3,(H,19,23)(H,20,21,22). The summed E-state index contributed by atoms with van der Waals surface area (Å²) in [4.78, 5) is 20.9. The molecule has 0 aliphatic carbocycles. The van der Waals surface area contributed by atoms with Crippen molar-refractivity contribution in [3.05, 3.63) is 52.8 Å². The van der Waals surface area contributed by atoms with Gasteiger partial charge in [-0.3, -0.25) is 4.79 Å². The number of sulfone groups is 1. The van der Waals surface area contributed by atoms with E-state index in [4.69, 9.17) is 0 Å². The Hall–Kier alpha value is -2.48. The smallest absolute Gasteiger partial charge is 0.270 e. The number of nitrogens with one attached hydrogen (secondary N) is 2. The van der Waals surface area contributed by atoms with Gasteiger partial charge in [-0.15, -0.1) is 0 Å². The Morgan fingerprint density at radius 1 is 1.23 bits per heavy atom. The SMILES string of the molecule is Cc1cccc(CNC(=O)c2cc(C)nc(NC3CCS(=O)(=O)C3)n2)c1. The molecule has 2 aromatic rings. The highest BCUT2D eigenvalue weighted by Gasteiger charge is 2.28. The molecular formula is C18H22N4O3S. The largest absolute Gasteiger partial charge is 0.350 e. The van der Waals surface area contributed by atoms with Crippen LogP contribution in [0.1, 0.15) is 33.7 Å². The second-order valence-corrected chi connectivity index (χ2v) is 8.86. The summed E-state index contributed by atoms with van der Waals surface area (Å²) in [5.74, 6) is 0.228. The van der Waals surface area contributed by atoms with Gasteiger partial charge in [0.15, 0.2) is 9.84 Å². The first-order valence-corrected chi connectivity index (χ1v) is 10.3. The first-order valence-electron chi connectivity index (χ1n) is 8.47. The Balaban J connectivity index is 1.67. The molecule has 0 bridgehead atoms. The number of hydrogen-bond donors (Lipinski definition) is 2. The molecule has 2 heterocycles. The van der Waals surface area contributed by atoms with Gasteiger partial charge >= 0.3 is 0 Å². The number of aryl methyl sites for hydroxylation is 2. The van der Waals surface area contributed by atoms with Gasteiger partial charge in [-0.05, 0) is 31.9 Å². The Labute approximate surface area is 153 Å². The molecule has 1 saturated heterocycles. The minimum atomic E-state index is -2.99. The van der Waals surface area contributed by atoms with Gasteiger partial charge in [0.25, 0.3) is 5.91 Å². The number of aromatic nitrogens is 2. The number of carbonyl (C=O) groups excluding carboxylic acids is 1. The molecule has 1 aromatic heterocycles. The van der Waals surface area contributed by atoms with Gasteiger partial charge in [0, 0.05) is 18.3 Å². The van der Waals surface area contributed by atoms with Crippen LogP contribution < -0.4 is 10.6 Å². The van der Waals surface area contributed by atoms with Gasteiger partial charge in [0.1, 0.15) is 5.69 Å². The highest BCUT2D eigenvalue weighted by molar-refractivity contribution is 7.91. The molecule has 3 rings (SSSR count). The summed E-state index contributed by atoms with van der Waals surface area (Å²) in [5.41, 5.74) is 3.05. The quantitative estimate of drug-likeness (QED) is 0.825. The Bertz CT molecular complexity index is 928. The lowest BCUT2D eigenvalue weighted by atomic mass is 10.1. The molecule has 0 spiro atoms. The van der Waals surface area contributed by atoms with E-state index in [1.165, 1.54) is 0 Å². The van der Waals surface area contributed by atoms with E-state index in [2.05, 4.69) is 20.6 Å². The van der Waals surface area contributed by atoms with E-state index in [1.54, 1.807) is 13.0 Å². The summed E-state index contributed by atoms with van der Waals surface area (Å²) in [7, 11) is -2.99. The van der Waals surface area contributed by atoms with Crippen molar-refractivity contribution in [2.24, 2.45) is 0 Å². The normalized spacial score (nSPS) is 18.5. The molecule has 8 heteroatoms. The third kappa shape index (κ3) is 4.78. The summed E-state index contributed by atoms with van der Waals surface area (Å²) in [5, 5.41) is 5.88. The molecule has 1 fully saturated rings. The molecule has 1 aliphatic rings. The molecule has 2 N–H and O–H groups in total. The van der Waals surface area contributed by atoms with Crippen molar-refractivity contribution in [1.82, 2.24) is 15.3 Å². The molecule has 1 aromatic carbocycles. The maximum Gasteiger partial charge on any atom is 0.270 e. The summed E-state index contributed by atoms with van der Waals surface area (Å²) >= 11 is 0. The number of benzene rings is 1. The maximum atomic E-state index is 12.4. The van der Waals surface area contributed by atoms with E-state index in [1.807, 2.05) is 31.2 Å². The van der Waals surface area contributed by atoms with Crippen LogP contribution in [0.2, 0.25) is 0 Å². The Morgan fingerprint density at radius 2 is 2.04 bits per heavy atom. The van der Waals surface area contributed by atoms with Crippen molar-refractivity contribution >= 4 is 21.7 Å². The van der Waals surface area contributed by atoms with E-state index >= 15 is 0 Å². The molecule has 7 nitrogen and oxygen atoms in total. The number of amides is 1. The first kappa shape index (κ1) is 18.3. The summed E-state index contributed by atoms with van der Waals surface area (Å²) in [6, 6.07) is 9.31. The zero-order chi connectivity index (χ0) is 18.7. The highest BCUT2D eigenvalue weighted by Crippen LogP contribution is 2.16. The lowest BCUT2D eigenvalue weighted by Gasteiger charge is -2.12. The monoisotopic (exact) mass is 374 g/mol. The molecule has 1 aliphatic heterocycles. The number of rotatable bonds is 5. The number of anilines is 1. The van der Waals surface area contributed by atoms with Crippen molar-refractivity contribution in [3.8, 4) is 0 Å². The van der Waals surface area contributed by atoms with Crippen LogP contribution in [-0.2, 0) is 16.4 Å². The predicted octanol–water partition coefficient (Wildman–Crippen LogP) is 1.62. The Kier molecular flexibility index (Phi) is 5.22. The van der Waals surface area contributed by atoms with Crippen molar-refractivity contribution in [2.75, 3.05) is 16.8 Å². The first-order chi connectivity index (χ1) is 12.3. The molecule has 0 radical (unpaired) electrons. The minimum absolute atomic E-state index is 0.0686. The second kappa shape index (κ2) is 7.41. The molecular weight excluding hydrogens is 352 g/mol. The average Bonchev–Trinajstić information content (AvgIpc) is 2.90. The molecule has 26 heavy (non-hydrogen) atoms. The summed E-state index contributed by atoms with van der Waals surface area (Å²) in [6.07, 6.45) is 0.522. The zero-order valence-electron chi connectivity index (χ0n) is 14.8. The van der Waals surface area contributed by atoms with E-state index in [0.29, 0.717) is 18.7 Å². The summed E-state index contributed by atoms with van der Waals surface area (Å²) in [6.45, 7) is 4.18. The predicted molar refractivity (Wildman–Crippen MR) is 99.8 cm³/mol. The van der Waals surface area contributed by atoms with Gasteiger partial charge < -0.3 is 10.6 Å². The van der Waals surface area contributed by atoms with Crippen molar-refractivity contribution in [3.63, 3.8) is 0 Å². The number of carbonyl (C=O) groups is 1. The lowest BCUT2D eigenvalue weighted by molar-refractivity contribution is 0.0945. The van der Waals surface area contributed by atoms with Crippen molar-refractivity contribution in [2.45, 2.75) is 32.9 Å². The topological polar surface area (TPSA) is 101 Å². The lowest BCUT2D eigenvalue weighted by Crippen LogP contribution is -2.26. The van der Waals surface area contributed by atoms with Crippen LogP contribution in [-0.4, -0.2) is 41.8 Å². The summed E-state index contributed by atoms with van der Waals surface area (Å²) < 4.78 is 23.1. The van der Waals surface area contributed by atoms with Crippen LogP contribution in [0.4, 0.5) is 5.95 Å². The maximum absolute atomic E-state index is 12.4. The van der Waals surface area contributed by atoms with Crippen LogP contribution >= 0.6 is 0 Å². The minimum Gasteiger partial charge on any atom is -0.350 e. The molecule has 1 amide bonds. The van der Waals surface area contributed by atoms with Crippen LogP contribution in [0.3, 0.4) is 0 Å². The van der Waals surface area contributed by atoms with Gasteiger partial charge in [0.2, 0.25) is 5.95 Å². The van der Waals surface area contributed by atoms with Gasteiger partial charge in [-0.2, -0.15) is 0 Å². The second-order valence-electron chi connectivity index (χ2n) is 6.63. The number of hydrogen-bond acceptors (Lipinski definition) is 6. The molecule has 0 saturated carbocycles. The van der Waals surface area contributed by atoms with E-state index in [9.17, 15) is 13.2 Å². The van der Waals surface area contributed by atoms with Crippen molar-refractivity contribution in [1.29, 1.82) is 0 Å². The van der Waals surface area contributed by atoms with E-state index < -0.39 is 9.84 Å². The van der Waals surface area contributed by atoms with Gasteiger partial charge in [-0.25, -0.2) is 18.4 Å². The van der Waals surface area contributed by atoms with Crippen LogP contribution in [0.15, 0.2) is 30.3 Å². The molecule has 1 unspecified atom stereocenters. The fourth-order valence-electron chi connectivity index (χ4n) is 2.94. The number of nitrogens with zero attached hydrogens (tertiary/aromatic N) is 2. The van der Waals surface area contributed by atoms with Crippen LogP contribution in [0, 0.1) is 13.8 Å². The van der Waals surface area contributed by atoms with Crippen molar-refractivity contribution < 1.29 is 13.2 Å². The van der Waals surface area contributed by atoms with E-state index in [-0.39, 0.29) is 35.1 Å². The average molecular weight is 374 g/mol. The van der Waals surface area contributed by atoms with Gasteiger partial charge in [-0.1, -0.05) is 29.8 Å². The highest BCUT2D eigenvalue weighted by atomic mass is 32.2. The molecule has 138 valence electrons. The van der Waals surface area contributed by atoms with E-state index in [0.717, 1.165) is 11.1 Å². The van der Waals surface area contributed by atoms with Crippen LogP contribution in [0.5, 0.6) is 0 Å². The van der Waals surface area contributed by atoms with Crippen LogP contribution in [0.25, 0.3) is 0 Å². The zero-order valence-corrected chi connectivity index (χ0v) is 15.6.